The predicted octanol–water partition coefficient (Wildman–Crippen LogP) is 1.61. The van der Waals surface area contributed by atoms with Crippen LogP contribution in [0.1, 0.15) is 18.9 Å². The zero-order valence-electron chi connectivity index (χ0n) is 11.7. The van der Waals surface area contributed by atoms with Gasteiger partial charge in [-0.15, -0.1) is 0 Å². The maximum absolute atomic E-state index is 11.6. The van der Waals surface area contributed by atoms with E-state index in [9.17, 15) is 9.59 Å². The van der Waals surface area contributed by atoms with Gasteiger partial charge in [0.25, 0.3) is 0 Å². The Morgan fingerprint density at radius 2 is 2.10 bits per heavy atom. The first-order valence-corrected chi connectivity index (χ1v) is 6.44. The van der Waals surface area contributed by atoms with Crippen LogP contribution in [0, 0.1) is 5.92 Å². The van der Waals surface area contributed by atoms with Gasteiger partial charge in [-0.2, -0.15) is 0 Å². The molecule has 0 spiro atoms. The second kappa shape index (κ2) is 8.04. The highest BCUT2D eigenvalue weighted by molar-refractivity contribution is 5.75. The molecule has 20 heavy (non-hydrogen) atoms. The Hall–Kier alpha value is -2.24. The summed E-state index contributed by atoms with van der Waals surface area (Å²) in [5, 5.41) is 14.1. The van der Waals surface area contributed by atoms with E-state index in [1.807, 2.05) is 24.3 Å². The molecule has 0 saturated carbocycles. The number of urea groups is 1. The first kappa shape index (κ1) is 15.8. The number of carbonyl (C=O) groups excluding carboxylic acids is 1. The first-order chi connectivity index (χ1) is 9.56. The molecule has 6 nitrogen and oxygen atoms in total. The van der Waals surface area contributed by atoms with Gasteiger partial charge in [-0.3, -0.25) is 4.79 Å². The number of rotatable bonds is 7. The Labute approximate surface area is 118 Å². The van der Waals surface area contributed by atoms with Crippen LogP contribution in [0.4, 0.5) is 4.79 Å². The van der Waals surface area contributed by atoms with Crippen molar-refractivity contribution in [2.75, 3.05) is 13.7 Å². The van der Waals surface area contributed by atoms with Gasteiger partial charge in [-0.05, 0) is 24.1 Å². The number of nitrogens with one attached hydrogen (secondary N) is 2. The first-order valence-electron chi connectivity index (χ1n) is 6.44. The van der Waals surface area contributed by atoms with E-state index in [0.29, 0.717) is 13.0 Å². The van der Waals surface area contributed by atoms with Crippen LogP contribution in [-0.2, 0) is 11.3 Å². The highest BCUT2D eigenvalue weighted by Gasteiger charge is 2.15. The number of aliphatic carboxylic acids is 1. The lowest BCUT2D eigenvalue weighted by Crippen LogP contribution is -2.39. The topological polar surface area (TPSA) is 87.7 Å². The minimum Gasteiger partial charge on any atom is -0.497 e. The average Bonchev–Trinajstić information content (AvgIpc) is 2.45. The fraction of sp³-hybridized carbons (Fsp3) is 0.429. The van der Waals surface area contributed by atoms with Crippen LogP contribution >= 0.6 is 0 Å². The van der Waals surface area contributed by atoms with E-state index >= 15 is 0 Å². The normalized spacial score (nSPS) is 11.5. The van der Waals surface area contributed by atoms with Gasteiger partial charge >= 0.3 is 12.0 Å². The Morgan fingerprint density at radius 3 is 2.70 bits per heavy atom. The van der Waals surface area contributed by atoms with Crippen molar-refractivity contribution in [2.24, 2.45) is 5.92 Å². The molecule has 2 amide bonds. The van der Waals surface area contributed by atoms with Gasteiger partial charge in [0.2, 0.25) is 0 Å². The van der Waals surface area contributed by atoms with E-state index in [1.165, 1.54) is 0 Å². The largest absolute Gasteiger partial charge is 0.497 e. The fourth-order valence-corrected chi connectivity index (χ4v) is 1.65. The van der Waals surface area contributed by atoms with Gasteiger partial charge in [-0.1, -0.05) is 19.1 Å². The third kappa shape index (κ3) is 5.17. The Balaban J connectivity index is 2.37. The maximum Gasteiger partial charge on any atom is 0.315 e. The quantitative estimate of drug-likeness (QED) is 0.708. The van der Waals surface area contributed by atoms with Gasteiger partial charge in [0.05, 0.1) is 13.0 Å². The number of amides is 2. The SMILES string of the molecule is CCC(CNC(=O)NCc1cccc(OC)c1)C(=O)O. The molecule has 6 heteroatoms. The molecule has 0 aliphatic heterocycles. The molecule has 1 aromatic carbocycles. The third-order valence-electron chi connectivity index (χ3n) is 2.94. The molecular weight excluding hydrogens is 260 g/mol. The average molecular weight is 280 g/mol. The molecular formula is C14H20N2O4. The van der Waals surface area contributed by atoms with Crippen LogP contribution in [0.25, 0.3) is 0 Å². The lowest BCUT2D eigenvalue weighted by atomic mass is 10.1. The molecule has 1 rings (SSSR count). The summed E-state index contributed by atoms with van der Waals surface area (Å²) in [5.41, 5.74) is 0.907. The number of methoxy groups -OCH3 is 1. The number of hydrogen-bond donors (Lipinski definition) is 3. The summed E-state index contributed by atoms with van der Waals surface area (Å²) in [4.78, 5) is 22.4. The van der Waals surface area contributed by atoms with E-state index in [0.717, 1.165) is 11.3 Å². The lowest BCUT2D eigenvalue weighted by molar-refractivity contribution is -0.141. The van der Waals surface area contributed by atoms with Crippen LogP contribution in [-0.4, -0.2) is 30.8 Å². The number of carbonyl (C=O) groups is 2. The van der Waals surface area contributed by atoms with E-state index in [1.54, 1.807) is 14.0 Å². The smallest absolute Gasteiger partial charge is 0.315 e. The van der Waals surface area contributed by atoms with E-state index in [2.05, 4.69) is 10.6 Å². The summed E-state index contributed by atoms with van der Waals surface area (Å²) >= 11 is 0. The monoisotopic (exact) mass is 280 g/mol. The third-order valence-corrected chi connectivity index (χ3v) is 2.94. The summed E-state index contributed by atoms with van der Waals surface area (Å²) in [6, 6.07) is 6.97. The molecule has 0 fully saturated rings. The van der Waals surface area contributed by atoms with Crippen molar-refractivity contribution in [3.05, 3.63) is 29.8 Å². The van der Waals surface area contributed by atoms with Gasteiger partial charge in [0.15, 0.2) is 0 Å². The number of benzene rings is 1. The molecule has 110 valence electrons. The van der Waals surface area contributed by atoms with Crippen molar-refractivity contribution in [3.8, 4) is 5.75 Å². The minimum atomic E-state index is -0.902. The van der Waals surface area contributed by atoms with Crippen LogP contribution < -0.4 is 15.4 Å². The Morgan fingerprint density at radius 1 is 1.35 bits per heavy atom. The van der Waals surface area contributed by atoms with E-state index < -0.39 is 11.9 Å². The van der Waals surface area contributed by atoms with Gasteiger partial charge in [0, 0.05) is 13.1 Å². The molecule has 0 bridgehead atoms. The predicted molar refractivity (Wildman–Crippen MR) is 74.6 cm³/mol. The summed E-state index contributed by atoms with van der Waals surface area (Å²) < 4.78 is 5.09. The maximum atomic E-state index is 11.6. The molecule has 3 N–H and O–H groups in total. The van der Waals surface area contributed by atoms with E-state index in [-0.39, 0.29) is 12.6 Å². The van der Waals surface area contributed by atoms with Crippen molar-refractivity contribution in [2.45, 2.75) is 19.9 Å². The Bertz CT molecular complexity index is 462. The van der Waals surface area contributed by atoms with Crippen molar-refractivity contribution in [3.63, 3.8) is 0 Å². The number of carboxylic acid groups (broad SMARTS) is 1. The Kier molecular flexibility index (Phi) is 6.36. The summed E-state index contributed by atoms with van der Waals surface area (Å²) in [6.07, 6.45) is 0.478. The van der Waals surface area contributed by atoms with Gasteiger partial charge in [0.1, 0.15) is 5.75 Å². The minimum absolute atomic E-state index is 0.121. The standard InChI is InChI=1S/C14H20N2O4/c1-3-11(13(17)18)9-16-14(19)15-8-10-5-4-6-12(7-10)20-2/h4-7,11H,3,8-9H2,1-2H3,(H,17,18)(H2,15,16,19). The van der Waals surface area contributed by atoms with Gasteiger partial charge in [-0.25, -0.2) is 4.79 Å². The van der Waals surface area contributed by atoms with Crippen LogP contribution in [0.15, 0.2) is 24.3 Å². The highest BCUT2D eigenvalue weighted by Crippen LogP contribution is 2.12. The second-order valence-corrected chi connectivity index (χ2v) is 4.36. The zero-order chi connectivity index (χ0) is 15.0. The summed E-state index contributed by atoms with van der Waals surface area (Å²) in [6.45, 7) is 2.25. The lowest BCUT2D eigenvalue weighted by Gasteiger charge is -2.12. The second-order valence-electron chi connectivity index (χ2n) is 4.36. The molecule has 1 aromatic rings. The zero-order valence-corrected chi connectivity index (χ0v) is 11.7. The molecule has 0 saturated heterocycles. The number of ether oxygens (including phenoxy) is 1. The molecule has 1 atom stereocenters. The molecule has 0 aromatic heterocycles. The number of hydrogen-bond acceptors (Lipinski definition) is 3. The number of carboxylic acids is 1. The fourth-order valence-electron chi connectivity index (χ4n) is 1.65. The van der Waals surface area contributed by atoms with E-state index in [4.69, 9.17) is 9.84 Å². The molecule has 1 unspecified atom stereocenters. The highest BCUT2D eigenvalue weighted by atomic mass is 16.5. The van der Waals surface area contributed by atoms with Crippen molar-refractivity contribution >= 4 is 12.0 Å². The van der Waals surface area contributed by atoms with Crippen LogP contribution in [0.3, 0.4) is 0 Å². The van der Waals surface area contributed by atoms with Crippen molar-refractivity contribution in [1.82, 2.24) is 10.6 Å². The van der Waals surface area contributed by atoms with Crippen LogP contribution in [0.2, 0.25) is 0 Å². The summed E-state index contributed by atoms with van der Waals surface area (Å²) in [7, 11) is 1.58. The van der Waals surface area contributed by atoms with Crippen molar-refractivity contribution < 1.29 is 19.4 Å². The van der Waals surface area contributed by atoms with Crippen molar-refractivity contribution in [1.29, 1.82) is 0 Å². The van der Waals surface area contributed by atoms with Crippen LogP contribution in [0.5, 0.6) is 5.75 Å². The summed E-state index contributed by atoms with van der Waals surface area (Å²) in [5.74, 6) is -0.736. The molecule has 0 radical (unpaired) electrons. The molecule has 0 heterocycles. The molecule has 0 aliphatic rings. The van der Waals surface area contributed by atoms with Gasteiger partial charge < -0.3 is 20.5 Å². The molecule has 0 aliphatic carbocycles.